The molecular formula is C13H18N2O4. The molecule has 1 saturated heterocycles. The lowest BCUT2D eigenvalue weighted by atomic mass is 10.1. The standard InChI is InChI=1S/C13H18N2O4/c1-15-5-6-18-9(7-15)8-19-11-4-2-3-10(14)12(11)13(16)17/h2-4,9H,5-8,14H2,1H3,(H,16,17). The lowest BCUT2D eigenvalue weighted by molar-refractivity contribution is -0.0404. The smallest absolute Gasteiger partial charge is 0.341 e. The van der Waals surface area contributed by atoms with E-state index in [9.17, 15) is 4.79 Å². The number of benzene rings is 1. The maximum absolute atomic E-state index is 11.1. The molecule has 3 N–H and O–H groups in total. The van der Waals surface area contributed by atoms with Gasteiger partial charge in [0.15, 0.2) is 0 Å². The Morgan fingerprint density at radius 3 is 3.11 bits per heavy atom. The van der Waals surface area contributed by atoms with Crippen LogP contribution in [0.4, 0.5) is 5.69 Å². The van der Waals surface area contributed by atoms with Gasteiger partial charge in [-0.15, -0.1) is 0 Å². The number of nitrogen functional groups attached to an aromatic ring is 1. The number of likely N-dealkylation sites (N-methyl/N-ethyl adjacent to an activating group) is 1. The fourth-order valence-electron chi connectivity index (χ4n) is 2.05. The number of anilines is 1. The van der Waals surface area contributed by atoms with Crippen LogP contribution < -0.4 is 10.5 Å². The van der Waals surface area contributed by atoms with Crippen LogP contribution in [0, 0.1) is 0 Å². The summed E-state index contributed by atoms with van der Waals surface area (Å²) in [5.74, 6) is -0.806. The molecule has 1 atom stereocenters. The average Bonchev–Trinajstić information content (AvgIpc) is 2.36. The van der Waals surface area contributed by atoms with Crippen molar-refractivity contribution in [3.63, 3.8) is 0 Å². The van der Waals surface area contributed by atoms with Gasteiger partial charge in [0, 0.05) is 18.8 Å². The predicted molar refractivity (Wildman–Crippen MR) is 70.5 cm³/mol. The number of morpholine rings is 1. The molecule has 0 aromatic heterocycles. The normalized spacial score (nSPS) is 20.2. The monoisotopic (exact) mass is 266 g/mol. The van der Waals surface area contributed by atoms with Crippen LogP contribution >= 0.6 is 0 Å². The van der Waals surface area contributed by atoms with E-state index < -0.39 is 5.97 Å². The van der Waals surface area contributed by atoms with E-state index in [1.165, 1.54) is 0 Å². The highest BCUT2D eigenvalue weighted by Gasteiger charge is 2.20. The number of hydrogen-bond donors (Lipinski definition) is 2. The van der Waals surface area contributed by atoms with Crippen molar-refractivity contribution in [3.05, 3.63) is 23.8 Å². The molecule has 0 aliphatic carbocycles. The third-order valence-corrected chi connectivity index (χ3v) is 3.04. The van der Waals surface area contributed by atoms with E-state index in [1.54, 1.807) is 18.2 Å². The molecule has 6 nitrogen and oxygen atoms in total. The molecule has 0 saturated carbocycles. The molecule has 1 aliphatic rings. The summed E-state index contributed by atoms with van der Waals surface area (Å²) in [6.07, 6.45) is -0.0539. The van der Waals surface area contributed by atoms with Crippen LogP contribution in [0.5, 0.6) is 5.75 Å². The largest absolute Gasteiger partial charge is 0.490 e. The number of ether oxygens (including phenoxy) is 2. The van der Waals surface area contributed by atoms with Crippen molar-refractivity contribution in [2.45, 2.75) is 6.10 Å². The van der Waals surface area contributed by atoms with Gasteiger partial charge in [-0.1, -0.05) is 6.07 Å². The molecule has 2 rings (SSSR count). The number of aromatic carboxylic acids is 1. The molecule has 0 bridgehead atoms. The highest BCUT2D eigenvalue weighted by Crippen LogP contribution is 2.24. The fourth-order valence-corrected chi connectivity index (χ4v) is 2.05. The molecule has 6 heteroatoms. The molecule has 1 fully saturated rings. The van der Waals surface area contributed by atoms with Gasteiger partial charge >= 0.3 is 5.97 Å². The van der Waals surface area contributed by atoms with Gasteiger partial charge in [-0.05, 0) is 19.2 Å². The van der Waals surface area contributed by atoms with Crippen molar-refractivity contribution < 1.29 is 19.4 Å². The van der Waals surface area contributed by atoms with Crippen molar-refractivity contribution in [3.8, 4) is 5.75 Å². The highest BCUT2D eigenvalue weighted by atomic mass is 16.5. The van der Waals surface area contributed by atoms with E-state index >= 15 is 0 Å². The molecule has 1 heterocycles. The highest BCUT2D eigenvalue weighted by molar-refractivity contribution is 5.96. The number of nitrogens with two attached hydrogens (primary N) is 1. The summed E-state index contributed by atoms with van der Waals surface area (Å²) in [5.41, 5.74) is 5.86. The van der Waals surface area contributed by atoms with Crippen LogP contribution in [0.1, 0.15) is 10.4 Å². The summed E-state index contributed by atoms with van der Waals surface area (Å²) in [7, 11) is 2.01. The Morgan fingerprint density at radius 1 is 1.63 bits per heavy atom. The van der Waals surface area contributed by atoms with Gasteiger partial charge in [-0.2, -0.15) is 0 Å². The number of nitrogens with zero attached hydrogens (tertiary/aromatic N) is 1. The lowest BCUT2D eigenvalue weighted by Gasteiger charge is -2.30. The van der Waals surface area contributed by atoms with Crippen molar-refractivity contribution >= 4 is 11.7 Å². The number of carbonyl (C=O) groups is 1. The van der Waals surface area contributed by atoms with Gasteiger partial charge in [0.2, 0.25) is 0 Å². The predicted octanol–water partition coefficient (Wildman–Crippen LogP) is 0.676. The molecule has 1 aromatic carbocycles. The first-order valence-electron chi connectivity index (χ1n) is 6.12. The third-order valence-electron chi connectivity index (χ3n) is 3.04. The van der Waals surface area contributed by atoms with Crippen LogP contribution in [0.15, 0.2) is 18.2 Å². The Morgan fingerprint density at radius 2 is 2.42 bits per heavy atom. The van der Waals surface area contributed by atoms with Gasteiger partial charge in [0.1, 0.15) is 24.0 Å². The van der Waals surface area contributed by atoms with Crippen molar-refractivity contribution in [2.75, 3.05) is 39.1 Å². The minimum Gasteiger partial charge on any atom is -0.490 e. The summed E-state index contributed by atoms with van der Waals surface area (Å²) in [6.45, 7) is 2.64. The molecule has 104 valence electrons. The van der Waals surface area contributed by atoms with E-state index in [1.807, 2.05) is 7.05 Å². The Balaban J connectivity index is 2.03. The van der Waals surface area contributed by atoms with Crippen molar-refractivity contribution in [2.24, 2.45) is 0 Å². The van der Waals surface area contributed by atoms with Gasteiger partial charge in [0.25, 0.3) is 0 Å². The van der Waals surface area contributed by atoms with Gasteiger partial charge in [0.05, 0.1) is 6.61 Å². The van der Waals surface area contributed by atoms with Crippen molar-refractivity contribution in [1.29, 1.82) is 0 Å². The fraction of sp³-hybridized carbons (Fsp3) is 0.462. The SMILES string of the molecule is CN1CCOC(COc2cccc(N)c2C(=O)O)C1. The van der Waals surface area contributed by atoms with Gasteiger partial charge in [-0.3, -0.25) is 0 Å². The minimum absolute atomic E-state index is 0.00617. The topological polar surface area (TPSA) is 85.0 Å². The van der Waals surface area contributed by atoms with E-state index in [2.05, 4.69) is 4.90 Å². The second-order valence-corrected chi connectivity index (χ2v) is 4.59. The molecule has 1 aliphatic heterocycles. The van der Waals surface area contributed by atoms with Gasteiger partial charge < -0.3 is 25.2 Å². The van der Waals surface area contributed by atoms with Crippen LogP contribution in [0.25, 0.3) is 0 Å². The first-order chi connectivity index (χ1) is 9.08. The Hall–Kier alpha value is -1.79. The summed E-state index contributed by atoms with van der Waals surface area (Å²) < 4.78 is 11.1. The summed E-state index contributed by atoms with van der Waals surface area (Å²) in [4.78, 5) is 13.3. The molecule has 1 unspecified atom stereocenters. The third kappa shape index (κ3) is 3.36. The second-order valence-electron chi connectivity index (χ2n) is 4.59. The zero-order chi connectivity index (χ0) is 13.8. The minimum atomic E-state index is -1.09. The number of rotatable bonds is 4. The zero-order valence-electron chi connectivity index (χ0n) is 10.8. The van der Waals surface area contributed by atoms with Crippen molar-refractivity contribution in [1.82, 2.24) is 4.90 Å². The first kappa shape index (κ1) is 13.6. The first-order valence-corrected chi connectivity index (χ1v) is 6.12. The summed E-state index contributed by atoms with van der Waals surface area (Å²) in [5, 5.41) is 9.13. The molecular weight excluding hydrogens is 248 g/mol. The Bertz CT molecular complexity index is 464. The van der Waals surface area contributed by atoms with Crippen LogP contribution in [-0.4, -0.2) is 55.4 Å². The molecule has 0 radical (unpaired) electrons. The average molecular weight is 266 g/mol. The lowest BCUT2D eigenvalue weighted by Crippen LogP contribution is -2.42. The maximum atomic E-state index is 11.1. The Labute approximate surface area is 111 Å². The zero-order valence-corrected chi connectivity index (χ0v) is 10.8. The maximum Gasteiger partial charge on any atom is 0.341 e. The van der Waals surface area contributed by atoms with E-state index in [0.717, 1.165) is 13.1 Å². The number of hydrogen-bond acceptors (Lipinski definition) is 5. The molecule has 0 amide bonds. The van der Waals surface area contributed by atoms with E-state index in [-0.39, 0.29) is 23.1 Å². The van der Waals surface area contributed by atoms with Crippen LogP contribution in [0.3, 0.4) is 0 Å². The quantitative estimate of drug-likeness (QED) is 0.779. The number of carboxylic acids is 1. The van der Waals surface area contributed by atoms with Gasteiger partial charge in [-0.25, -0.2) is 4.79 Å². The molecule has 0 spiro atoms. The summed E-state index contributed by atoms with van der Waals surface area (Å²) >= 11 is 0. The Kier molecular flexibility index (Phi) is 4.24. The van der Waals surface area contributed by atoms with E-state index in [0.29, 0.717) is 13.2 Å². The van der Waals surface area contributed by atoms with Crippen LogP contribution in [-0.2, 0) is 4.74 Å². The number of carboxylic acid groups (broad SMARTS) is 1. The second kappa shape index (κ2) is 5.90. The summed E-state index contributed by atoms with van der Waals surface area (Å²) in [6, 6.07) is 4.82. The molecule has 19 heavy (non-hydrogen) atoms. The molecule has 1 aromatic rings. The van der Waals surface area contributed by atoms with Crippen LogP contribution in [0.2, 0.25) is 0 Å². The van der Waals surface area contributed by atoms with E-state index in [4.69, 9.17) is 20.3 Å².